The van der Waals surface area contributed by atoms with Gasteiger partial charge in [0.25, 0.3) is 0 Å². The van der Waals surface area contributed by atoms with Crippen LogP contribution in [0.2, 0.25) is 0 Å². The molecule has 0 atom stereocenters. The normalized spacial score (nSPS) is 10.8. The van der Waals surface area contributed by atoms with Crippen LogP contribution in [-0.4, -0.2) is 22.6 Å². The first-order valence-electron chi connectivity index (χ1n) is 7.86. The second-order valence-corrected chi connectivity index (χ2v) is 5.92. The molecule has 2 aromatic carbocycles. The predicted octanol–water partition coefficient (Wildman–Crippen LogP) is 3.61. The SMILES string of the molecule is COc1ccccc1NC(=O)Cn1c(C)nc2cc(C)c(C)cc21. The lowest BCUT2D eigenvalue weighted by molar-refractivity contribution is -0.116. The Balaban J connectivity index is 1.88. The zero-order chi connectivity index (χ0) is 17.3. The van der Waals surface area contributed by atoms with E-state index in [4.69, 9.17) is 4.74 Å². The standard InChI is InChI=1S/C19H21N3O2/c1-12-9-16-17(10-13(12)2)22(14(3)20-16)11-19(23)21-15-7-5-6-8-18(15)24-4/h5-10H,11H2,1-4H3,(H,21,23). The highest BCUT2D eigenvalue weighted by Crippen LogP contribution is 2.24. The van der Waals surface area contributed by atoms with Gasteiger partial charge in [0.1, 0.15) is 18.1 Å². The highest BCUT2D eigenvalue weighted by Gasteiger charge is 2.13. The van der Waals surface area contributed by atoms with Crippen LogP contribution in [0.4, 0.5) is 5.69 Å². The van der Waals surface area contributed by atoms with Crippen LogP contribution in [0.3, 0.4) is 0 Å². The fourth-order valence-electron chi connectivity index (χ4n) is 2.78. The van der Waals surface area contributed by atoms with Gasteiger partial charge in [0.05, 0.1) is 23.8 Å². The van der Waals surface area contributed by atoms with Gasteiger partial charge in [-0.2, -0.15) is 0 Å². The maximum absolute atomic E-state index is 12.5. The van der Waals surface area contributed by atoms with Gasteiger partial charge in [-0.05, 0) is 56.2 Å². The van der Waals surface area contributed by atoms with Gasteiger partial charge in [-0.1, -0.05) is 12.1 Å². The molecule has 3 aromatic rings. The number of anilines is 1. The van der Waals surface area contributed by atoms with Crippen LogP contribution < -0.4 is 10.1 Å². The molecule has 0 radical (unpaired) electrons. The van der Waals surface area contributed by atoms with E-state index in [2.05, 4.69) is 36.3 Å². The summed E-state index contributed by atoms with van der Waals surface area (Å²) in [4.78, 5) is 17.0. The van der Waals surface area contributed by atoms with E-state index >= 15 is 0 Å². The summed E-state index contributed by atoms with van der Waals surface area (Å²) in [5.74, 6) is 1.36. The van der Waals surface area contributed by atoms with E-state index in [1.54, 1.807) is 7.11 Å². The Labute approximate surface area is 141 Å². The van der Waals surface area contributed by atoms with Gasteiger partial charge in [0.15, 0.2) is 0 Å². The Hall–Kier alpha value is -2.82. The summed E-state index contributed by atoms with van der Waals surface area (Å²) in [6.07, 6.45) is 0. The molecule has 24 heavy (non-hydrogen) atoms. The van der Waals surface area contributed by atoms with Crippen molar-refractivity contribution >= 4 is 22.6 Å². The minimum absolute atomic E-state index is 0.111. The summed E-state index contributed by atoms with van der Waals surface area (Å²) in [7, 11) is 1.59. The first-order chi connectivity index (χ1) is 11.5. The van der Waals surface area contributed by atoms with E-state index in [0.717, 1.165) is 16.9 Å². The number of fused-ring (bicyclic) bond motifs is 1. The molecule has 0 aliphatic rings. The second-order valence-electron chi connectivity index (χ2n) is 5.92. The van der Waals surface area contributed by atoms with Crippen molar-refractivity contribution in [2.24, 2.45) is 0 Å². The molecular formula is C19H21N3O2. The lowest BCUT2D eigenvalue weighted by atomic mass is 10.1. The maximum atomic E-state index is 12.5. The van der Waals surface area contributed by atoms with Gasteiger partial charge in [0, 0.05) is 0 Å². The minimum Gasteiger partial charge on any atom is -0.495 e. The predicted molar refractivity (Wildman–Crippen MR) is 95.6 cm³/mol. The molecule has 0 unspecified atom stereocenters. The van der Waals surface area contributed by atoms with E-state index in [1.165, 1.54) is 11.1 Å². The molecule has 1 amide bonds. The van der Waals surface area contributed by atoms with Crippen molar-refractivity contribution in [2.75, 3.05) is 12.4 Å². The highest BCUT2D eigenvalue weighted by atomic mass is 16.5. The number of hydrogen-bond donors (Lipinski definition) is 1. The van der Waals surface area contributed by atoms with Crippen molar-refractivity contribution < 1.29 is 9.53 Å². The van der Waals surface area contributed by atoms with Gasteiger partial charge in [-0.25, -0.2) is 4.98 Å². The Bertz CT molecular complexity index is 912. The maximum Gasteiger partial charge on any atom is 0.244 e. The molecule has 1 N–H and O–H groups in total. The van der Waals surface area contributed by atoms with Crippen LogP contribution in [0.5, 0.6) is 5.75 Å². The van der Waals surface area contributed by atoms with E-state index in [0.29, 0.717) is 11.4 Å². The zero-order valence-corrected chi connectivity index (χ0v) is 14.4. The number of methoxy groups -OCH3 is 1. The van der Waals surface area contributed by atoms with E-state index in [-0.39, 0.29) is 12.5 Å². The number of carbonyl (C=O) groups excluding carboxylic acids is 1. The lowest BCUT2D eigenvalue weighted by Crippen LogP contribution is -2.19. The molecule has 124 valence electrons. The smallest absolute Gasteiger partial charge is 0.244 e. The number of carbonyl (C=O) groups is 1. The number of ether oxygens (including phenoxy) is 1. The molecule has 0 bridgehead atoms. The Morgan fingerprint density at radius 3 is 2.62 bits per heavy atom. The van der Waals surface area contributed by atoms with Gasteiger partial charge in [-0.15, -0.1) is 0 Å². The third-order valence-electron chi connectivity index (χ3n) is 4.24. The molecule has 5 nitrogen and oxygen atoms in total. The van der Waals surface area contributed by atoms with E-state index in [1.807, 2.05) is 35.8 Å². The van der Waals surface area contributed by atoms with Gasteiger partial charge < -0.3 is 14.6 Å². The summed E-state index contributed by atoms with van der Waals surface area (Å²) in [5.41, 5.74) is 4.95. The topological polar surface area (TPSA) is 56.1 Å². The third-order valence-corrected chi connectivity index (χ3v) is 4.24. The van der Waals surface area contributed by atoms with Crippen LogP contribution in [0.25, 0.3) is 11.0 Å². The van der Waals surface area contributed by atoms with Gasteiger partial charge in [-0.3, -0.25) is 4.79 Å². The second kappa shape index (κ2) is 6.35. The number of aromatic nitrogens is 2. The van der Waals surface area contributed by atoms with E-state index in [9.17, 15) is 4.79 Å². The zero-order valence-electron chi connectivity index (χ0n) is 14.4. The molecule has 0 saturated carbocycles. The molecule has 0 fully saturated rings. The number of nitrogens with zero attached hydrogens (tertiary/aromatic N) is 2. The van der Waals surface area contributed by atoms with Crippen molar-refractivity contribution in [3.8, 4) is 5.75 Å². The number of benzene rings is 2. The molecule has 5 heteroatoms. The van der Waals surface area contributed by atoms with Gasteiger partial charge >= 0.3 is 0 Å². The average molecular weight is 323 g/mol. The van der Waals surface area contributed by atoms with Gasteiger partial charge in [0.2, 0.25) is 5.91 Å². The lowest BCUT2D eigenvalue weighted by Gasteiger charge is -2.11. The summed E-state index contributed by atoms with van der Waals surface area (Å²) in [6, 6.07) is 11.5. The van der Waals surface area contributed by atoms with Crippen molar-refractivity contribution in [3.05, 3.63) is 53.3 Å². The quantitative estimate of drug-likeness (QED) is 0.798. The first-order valence-corrected chi connectivity index (χ1v) is 7.86. The van der Waals surface area contributed by atoms with Crippen LogP contribution in [0, 0.1) is 20.8 Å². The number of hydrogen-bond acceptors (Lipinski definition) is 3. The molecular weight excluding hydrogens is 302 g/mol. The van der Waals surface area contributed by atoms with Crippen molar-refractivity contribution in [1.29, 1.82) is 0 Å². The number of aryl methyl sites for hydroxylation is 3. The molecule has 0 aliphatic carbocycles. The Morgan fingerprint density at radius 1 is 1.17 bits per heavy atom. The number of para-hydroxylation sites is 2. The van der Waals surface area contributed by atoms with E-state index < -0.39 is 0 Å². The number of amides is 1. The summed E-state index contributed by atoms with van der Waals surface area (Å²) >= 11 is 0. The summed E-state index contributed by atoms with van der Waals surface area (Å²) in [5, 5.41) is 2.91. The molecule has 1 heterocycles. The molecule has 0 saturated heterocycles. The largest absolute Gasteiger partial charge is 0.495 e. The first kappa shape index (κ1) is 16.1. The van der Waals surface area contributed by atoms with Crippen LogP contribution in [0.1, 0.15) is 17.0 Å². The fraction of sp³-hybridized carbons (Fsp3) is 0.263. The monoisotopic (exact) mass is 323 g/mol. The van der Waals surface area contributed by atoms with Crippen molar-refractivity contribution in [1.82, 2.24) is 9.55 Å². The van der Waals surface area contributed by atoms with Crippen LogP contribution >= 0.6 is 0 Å². The Morgan fingerprint density at radius 2 is 1.88 bits per heavy atom. The summed E-state index contributed by atoms with van der Waals surface area (Å²) in [6.45, 7) is 6.26. The molecule has 1 aromatic heterocycles. The Kier molecular flexibility index (Phi) is 4.25. The number of nitrogens with one attached hydrogen (secondary N) is 1. The fourth-order valence-corrected chi connectivity index (χ4v) is 2.78. The minimum atomic E-state index is -0.111. The van der Waals surface area contributed by atoms with Crippen LogP contribution in [0.15, 0.2) is 36.4 Å². The molecule has 0 aliphatic heterocycles. The highest BCUT2D eigenvalue weighted by molar-refractivity contribution is 5.93. The number of imidazole rings is 1. The molecule has 3 rings (SSSR count). The average Bonchev–Trinajstić information content (AvgIpc) is 2.84. The van der Waals surface area contributed by atoms with Crippen LogP contribution in [-0.2, 0) is 11.3 Å². The van der Waals surface area contributed by atoms with Crippen molar-refractivity contribution in [3.63, 3.8) is 0 Å². The summed E-state index contributed by atoms with van der Waals surface area (Å²) < 4.78 is 7.21. The third kappa shape index (κ3) is 2.97. The van der Waals surface area contributed by atoms with Crippen molar-refractivity contribution in [2.45, 2.75) is 27.3 Å². The molecule has 0 spiro atoms. The number of rotatable bonds is 4.